The zero-order valence-electron chi connectivity index (χ0n) is 21.2. The molecule has 0 aliphatic carbocycles. The molecule has 0 saturated carbocycles. The monoisotopic (exact) mass is 524 g/mol. The van der Waals surface area contributed by atoms with Gasteiger partial charge < -0.3 is 0 Å². The molecule has 2 atom stereocenters. The Balaban J connectivity index is 1.74. The first-order valence-corrected chi connectivity index (χ1v) is 14.1. The van der Waals surface area contributed by atoms with Gasteiger partial charge >= 0.3 is 0 Å². The van der Waals surface area contributed by atoms with Crippen molar-refractivity contribution < 1.29 is 0 Å². The average molecular weight is 525 g/mol. The first-order valence-electron chi connectivity index (χ1n) is 13.0. The summed E-state index contributed by atoms with van der Waals surface area (Å²) in [6.45, 7) is 0. The third-order valence-corrected chi connectivity index (χ3v) is 9.63. The molecule has 2 heteroatoms. The van der Waals surface area contributed by atoms with Crippen molar-refractivity contribution in [3.8, 4) is 0 Å². The molecule has 6 aromatic carbocycles. The number of benzene rings is 6. The highest BCUT2D eigenvalue weighted by Gasteiger charge is 2.38. The van der Waals surface area contributed by atoms with Crippen molar-refractivity contribution in [3.63, 3.8) is 0 Å². The quantitative estimate of drug-likeness (QED) is 0.151. The maximum Gasteiger partial charge on any atom is 0.0597 e. The highest BCUT2D eigenvalue weighted by atomic mass is 31.0. The largest absolute Gasteiger partial charge is 0.117 e. The van der Waals surface area contributed by atoms with Gasteiger partial charge in [0.1, 0.15) is 0 Å². The van der Waals surface area contributed by atoms with Crippen LogP contribution in [0.5, 0.6) is 0 Å². The van der Waals surface area contributed by atoms with Gasteiger partial charge in [0.15, 0.2) is 0 Å². The van der Waals surface area contributed by atoms with Crippen molar-refractivity contribution in [1.29, 1.82) is 0 Å². The van der Waals surface area contributed by atoms with E-state index in [1.807, 2.05) is 0 Å². The Morgan fingerprint density at radius 2 is 0.605 bits per heavy atom. The van der Waals surface area contributed by atoms with E-state index in [1.165, 1.54) is 44.2 Å². The Labute approximate surface area is 230 Å². The molecule has 0 fully saturated rings. The van der Waals surface area contributed by atoms with E-state index in [4.69, 9.17) is 0 Å². The van der Waals surface area contributed by atoms with Crippen LogP contribution in [0.25, 0.3) is 10.8 Å². The molecule has 0 heterocycles. The standard InChI is InChI=1S/C36H30P2/c37-35(28-17-5-1-6-18-28,29-19-7-2-8-20-29)32-25-13-15-27-16-14-26-33(34(27)32)36(38,30-21-9-3-10-22-30)31-23-11-4-12-24-31/h1-26H,37-38H2. The van der Waals surface area contributed by atoms with E-state index in [0.717, 1.165) is 0 Å². The zero-order valence-corrected chi connectivity index (χ0v) is 23.5. The summed E-state index contributed by atoms with van der Waals surface area (Å²) in [7, 11) is 6.49. The van der Waals surface area contributed by atoms with E-state index >= 15 is 0 Å². The molecule has 0 radical (unpaired) electrons. The Morgan fingerprint density at radius 3 is 0.895 bits per heavy atom. The molecule has 6 rings (SSSR count). The summed E-state index contributed by atoms with van der Waals surface area (Å²) in [5.74, 6) is 0. The second-order valence-corrected chi connectivity index (χ2v) is 11.5. The minimum atomic E-state index is -0.433. The molecular weight excluding hydrogens is 494 g/mol. The SMILES string of the molecule is PC(c1ccccc1)(c1ccccc1)c1cccc2cccc(C(P)(c3ccccc3)c3ccccc3)c12. The molecule has 38 heavy (non-hydrogen) atoms. The van der Waals surface area contributed by atoms with E-state index < -0.39 is 10.3 Å². The lowest BCUT2D eigenvalue weighted by molar-refractivity contribution is 0.883. The summed E-state index contributed by atoms with van der Waals surface area (Å²) in [6, 6.07) is 56.9. The van der Waals surface area contributed by atoms with Crippen LogP contribution in [-0.4, -0.2) is 0 Å². The Morgan fingerprint density at radius 1 is 0.316 bits per heavy atom. The molecule has 0 nitrogen and oxygen atoms in total. The number of rotatable bonds is 6. The van der Waals surface area contributed by atoms with E-state index in [9.17, 15) is 0 Å². The molecule has 0 N–H and O–H groups in total. The molecule has 0 saturated heterocycles. The lowest BCUT2D eigenvalue weighted by Crippen LogP contribution is -2.26. The fourth-order valence-electron chi connectivity index (χ4n) is 5.76. The smallest absolute Gasteiger partial charge is 0.0597 e. The maximum atomic E-state index is 3.25. The fourth-order valence-corrected chi connectivity index (χ4v) is 7.01. The van der Waals surface area contributed by atoms with Crippen LogP contribution in [-0.2, 0) is 10.3 Å². The van der Waals surface area contributed by atoms with Gasteiger partial charge in [-0.15, -0.1) is 18.5 Å². The Hall–Kier alpha value is -3.56. The van der Waals surface area contributed by atoms with Gasteiger partial charge in [-0.05, 0) is 44.2 Å². The van der Waals surface area contributed by atoms with Gasteiger partial charge in [-0.25, -0.2) is 0 Å². The first-order chi connectivity index (χ1) is 18.6. The van der Waals surface area contributed by atoms with Gasteiger partial charge in [0, 0.05) is 0 Å². The molecule has 6 aromatic rings. The second kappa shape index (κ2) is 10.3. The lowest BCUT2D eigenvalue weighted by Gasteiger charge is -2.37. The van der Waals surface area contributed by atoms with Crippen molar-refractivity contribution >= 4 is 29.3 Å². The van der Waals surface area contributed by atoms with Crippen molar-refractivity contribution in [1.82, 2.24) is 0 Å². The highest BCUT2D eigenvalue weighted by Crippen LogP contribution is 2.52. The molecule has 0 aromatic heterocycles. The Kier molecular flexibility index (Phi) is 6.71. The minimum Gasteiger partial charge on any atom is -0.117 e. The van der Waals surface area contributed by atoms with Gasteiger partial charge in [-0.1, -0.05) is 158 Å². The lowest BCUT2D eigenvalue weighted by atomic mass is 9.76. The number of fused-ring (bicyclic) bond motifs is 1. The molecule has 0 spiro atoms. The van der Waals surface area contributed by atoms with Crippen LogP contribution >= 0.6 is 18.5 Å². The van der Waals surface area contributed by atoms with E-state index in [1.54, 1.807) is 0 Å². The van der Waals surface area contributed by atoms with E-state index in [0.29, 0.717) is 0 Å². The van der Waals surface area contributed by atoms with Gasteiger partial charge in [0.05, 0.1) is 10.3 Å². The van der Waals surface area contributed by atoms with E-state index in [2.05, 4.69) is 176 Å². The van der Waals surface area contributed by atoms with Gasteiger partial charge in [-0.3, -0.25) is 0 Å². The predicted octanol–water partition coefficient (Wildman–Crippen LogP) is 9.17. The third-order valence-electron chi connectivity index (χ3n) is 7.67. The van der Waals surface area contributed by atoms with Crippen LogP contribution in [0.15, 0.2) is 158 Å². The van der Waals surface area contributed by atoms with Gasteiger partial charge in [-0.2, -0.15) is 0 Å². The summed E-state index contributed by atoms with van der Waals surface area (Å²) in [6.07, 6.45) is 0. The van der Waals surface area contributed by atoms with Crippen LogP contribution in [0, 0.1) is 0 Å². The molecular formula is C36H30P2. The summed E-state index contributed by atoms with van der Waals surface area (Å²) in [5.41, 5.74) is 7.51. The average Bonchev–Trinajstić information content (AvgIpc) is 3.01. The van der Waals surface area contributed by atoms with Crippen molar-refractivity contribution in [2.45, 2.75) is 10.3 Å². The minimum absolute atomic E-state index is 0.433. The van der Waals surface area contributed by atoms with Crippen LogP contribution in [0.3, 0.4) is 0 Å². The Bertz CT molecular complexity index is 1460. The maximum absolute atomic E-state index is 3.25. The van der Waals surface area contributed by atoms with Gasteiger partial charge in [0.25, 0.3) is 0 Å². The molecule has 0 aliphatic heterocycles. The fraction of sp³-hybridized carbons (Fsp3) is 0.0556. The first kappa shape index (κ1) is 24.8. The predicted molar refractivity (Wildman–Crippen MR) is 169 cm³/mol. The topological polar surface area (TPSA) is 0 Å². The van der Waals surface area contributed by atoms with Crippen LogP contribution in [0.4, 0.5) is 0 Å². The molecule has 0 bridgehead atoms. The molecule has 0 amide bonds. The van der Waals surface area contributed by atoms with Gasteiger partial charge in [0.2, 0.25) is 0 Å². The molecule has 0 aliphatic rings. The summed E-state index contributed by atoms with van der Waals surface area (Å²) >= 11 is 0. The van der Waals surface area contributed by atoms with E-state index in [-0.39, 0.29) is 0 Å². The summed E-state index contributed by atoms with van der Waals surface area (Å²) in [5, 5.41) is 1.64. The zero-order chi connectivity index (χ0) is 26.0. The second-order valence-electron chi connectivity index (χ2n) is 9.79. The summed E-state index contributed by atoms with van der Waals surface area (Å²) in [4.78, 5) is 0. The molecule has 184 valence electrons. The third kappa shape index (κ3) is 4.10. The van der Waals surface area contributed by atoms with Crippen LogP contribution in [0.2, 0.25) is 0 Å². The number of hydrogen-bond donors (Lipinski definition) is 0. The molecule has 2 unspecified atom stereocenters. The normalized spacial score (nSPS) is 11.9. The van der Waals surface area contributed by atoms with Crippen LogP contribution in [0.1, 0.15) is 33.4 Å². The van der Waals surface area contributed by atoms with Crippen molar-refractivity contribution in [3.05, 3.63) is 191 Å². The van der Waals surface area contributed by atoms with Crippen molar-refractivity contribution in [2.75, 3.05) is 0 Å². The number of hydrogen-bond acceptors (Lipinski definition) is 0. The summed E-state index contributed by atoms with van der Waals surface area (Å²) < 4.78 is 0. The van der Waals surface area contributed by atoms with Crippen molar-refractivity contribution in [2.24, 2.45) is 0 Å². The van der Waals surface area contributed by atoms with Crippen LogP contribution < -0.4 is 0 Å². The highest BCUT2D eigenvalue weighted by molar-refractivity contribution is 7.20.